The molecule has 1 aromatic carbocycles. The predicted octanol–water partition coefficient (Wildman–Crippen LogP) is 3.89. The maximum Gasteiger partial charge on any atom is 0.295 e. The second-order valence-electron chi connectivity index (χ2n) is 7.22. The van der Waals surface area contributed by atoms with Crippen molar-refractivity contribution in [2.45, 2.75) is 13.0 Å². The van der Waals surface area contributed by atoms with Crippen LogP contribution in [0.5, 0.6) is 5.75 Å². The number of likely N-dealkylation sites (tertiary alicyclic amines) is 1. The summed E-state index contributed by atoms with van der Waals surface area (Å²) in [5, 5.41) is 11.4. The summed E-state index contributed by atoms with van der Waals surface area (Å²) < 4.78 is 10.9. The first-order chi connectivity index (χ1) is 14.1. The lowest BCUT2D eigenvalue weighted by Gasteiger charge is -2.24. The molecule has 9 heteroatoms. The number of aryl methyl sites for hydroxylation is 1. The first kappa shape index (κ1) is 22.2. The number of likely N-dealkylation sites (N-methyl/N-ethyl adjacent to an activating group) is 1. The molecule has 1 amide bonds. The van der Waals surface area contributed by atoms with Crippen LogP contribution >= 0.6 is 23.2 Å². The second-order valence-corrected chi connectivity index (χ2v) is 8.03. The van der Waals surface area contributed by atoms with Crippen molar-refractivity contribution in [1.29, 1.82) is 0 Å². The molecule has 0 saturated carbocycles. The molecular weight excluding hydrogens is 431 g/mol. The van der Waals surface area contributed by atoms with Crippen LogP contribution in [0.2, 0.25) is 10.0 Å². The maximum atomic E-state index is 12.9. The van der Waals surface area contributed by atoms with Crippen LogP contribution in [0.1, 0.15) is 23.1 Å². The molecule has 1 aliphatic rings. The van der Waals surface area contributed by atoms with Gasteiger partial charge >= 0.3 is 0 Å². The van der Waals surface area contributed by atoms with Crippen molar-refractivity contribution in [2.75, 3.05) is 34.3 Å². The van der Waals surface area contributed by atoms with E-state index in [9.17, 15) is 14.7 Å². The standard InChI is InChI=1S/C21H22Cl2N2O5/c1-11-5-6-15(30-11)17-16(19(27)21(28)25(17)8-7-24(2)3)18(26)12-9-13(22)20(29-4)14(23)10-12/h5-6,9-10,17,26H,7-8H2,1-4H3/b18-16-. The Hall–Kier alpha value is -2.48. The van der Waals surface area contributed by atoms with Gasteiger partial charge in [-0.25, -0.2) is 0 Å². The third kappa shape index (κ3) is 4.05. The molecule has 30 heavy (non-hydrogen) atoms. The van der Waals surface area contributed by atoms with Crippen molar-refractivity contribution >= 4 is 40.7 Å². The lowest BCUT2D eigenvalue weighted by molar-refractivity contribution is -0.140. The minimum atomic E-state index is -0.863. The van der Waals surface area contributed by atoms with Gasteiger partial charge in [0, 0.05) is 18.7 Å². The Morgan fingerprint density at radius 3 is 2.37 bits per heavy atom. The van der Waals surface area contributed by atoms with Crippen LogP contribution in [0.15, 0.2) is 34.3 Å². The number of rotatable bonds is 6. The molecule has 1 atom stereocenters. The molecule has 7 nitrogen and oxygen atoms in total. The molecule has 1 aliphatic heterocycles. The van der Waals surface area contributed by atoms with Crippen molar-refractivity contribution in [3.63, 3.8) is 0 Å². The van der Waals surface area contributed by atoms with Crippen LogP contribution in [-0.4, -0.2) is 60.9 Å². The molecule has 1 aromatic heterocycles. The van der Waals surface area contributed by atoms with Crippen LogP contribution in [-0.2, 0) is 9.59 Å². The molecular formula is C21H22Cl2N2O5. The lowest BCUT2D eigenvalue weighted by atomic mass is 9.99. The minimum Gasteiger partial charge on any atom is -0.507 e. The van der Waals surface area contributed by atoms with Gasteiger partial charge in [0.2, 0.25) is 0 Å². The summed E-state index contributed by atoms with van der Waals surface area (Å²) in [6, 6.07) is 5.43. The van der Waals surface area contributed by atoms with E-state index in [1.165, 1.54) is 24.1 Å². The molecule has 0 spiro atoms. The third-order valence-electron chi connectivity index (χ3n) is 4.83. The van der Waals surface area contributed by atoms with Gasteiger partial charge in [0.1, 0.15) is 23.3 Å². The Labute approximate surface area is 184 Å². The van der Waals surface area contributed by atoms with E-state index in [1.54, 1.807) is 19.1 Å². The summed E-state index contributed by atoms with van der Waals surface area (Å²) in [5.74, 6) is -0.626. The molecule has 2 aromatic rings. The number of ketones is 1. The van der Waals surface area contributed by atoms with Gasteiger partial charge in [-0.3, -0.25) is 9.59 Å². The summed E-state index contributed by atoms with van der Waals surface area (Å²) in [4.78, 5) is 29.0. The number of carbonyl (C=O) groups excluding carboxylic acids is 2. The van der Waals surface area contributed by atoms with Crippen molar-refractivity contribution in [1.82, 2.24) is 9.80 Å². The number of methoxy groups -OCH3 is 1. The fourth-order valence-corrected chi connectivity index (χ4v) is 4.00. The van der Waals surface area contributed by atoms with Crippen molar-refractivity contribution < 1.29 is 23.8 Å². The van der Waals surface area contributed by atoms with Crippen LogP contribution in [0, 0.1) is 6.92 Å². The molecule has 1 fully saturated rings. The number of hydrogen-bond acceptors (Lipinski definition) is 6. The average molecular weight is 453 g/mol. The molecule has 3 rings (SSSR count). The molecule has 1 saturated heterocycles. The van der Waals surface area contributed by atoms with E-state index in [0.29, 0.717) is 18.1 Å². The summed E-state index contributed by atoms with van der Waals surface area (Å²) in [6.07, 6.45) is 0. The van der Waals surface area contributed by atoms with Gasteiger partial charge < -0.3 is 24.1 Å². The first-order valence-electron chi connectivity index (χ1n) is 9.18. The normalized spacial score (nSPS) is 18.5. The molecule has 0 bridgehead atoms. The van der Waals surface area contributed by atoms with Gasteiger partial charge in [-0.2, -0.15) is 0 Å². The first-order valence-corrected chi connectivity index (χ1v) is 9.94. The number of amides is 1. The van der Waals surface area contributed by atoms with Gasteiger partial charge in [-0.1, -0.05) is 23.2 Å². The van der Waals surface area contributed by atoms with Gasteiger partial charge in [0.15, 0.2) is 5.75 Å². The molecule has 0 aliphatic carbocycles. The van der Waals surface area contributed by atoms with Gasteiger partial charge in [0.05, 0.1) is 22.7 Å². The highest BCUT2D eigenvalue weighted by molar-refractivity contribution is 6.46. The van der Waals surface area contributed by atoms with Crippen molar-refractivity contribution in [3.05, 3.63) is 57.0 Å². The molecule has 1 N–H and O–H groups in total. The quantitative estimate of drug-likeness (QED) is 0.406. The highest BCUT2D eigenvalue weighted by atomic mass is 35.5. The van der Waals surface area contributed by atoms with Crippen molar-refractivity contribution in [3.8, 4) is 5.75 Å². The maximum absolute atomic E-state index is 12.9. The zero-order valence-electron chi connectivity index (χ0n) is 17.0. The lowest BCUT2D eigenvalue weighted by Crippen LogP contribution is -2.35. The monoisotopic (exact) mass is 452 g/mol. The zero-order valence-corrected chi connectivity index (χ0v) is 18.5. The van der Waals surface area contributed by atoms with E-state index < -0.39 is 17.7 Å². The fraction of sp³-hybridized carbons (Fsp3) is 0.333. The van der Waals surface area contributed by atoms with Crippen LogP contribution in [0.25, 0.3) is 5.76 Å². The Kier molecular flexibility index (Phi) is 6.45. The van der Waals surface area contributed by atoms with Gasteiger partial charge in [-0.05, 0) is 45.3 Å². The summed E-state index contributed by atoms with van der Waals surface area (Å²) in [7, 11) is 5.15. The topological polar surface area (TPSA) is 83.2 Å². The Morgan fingerprint density at radius 2 is 1.87 bits per heavy atom. The fourth-order valence-electron chi connectivity index (χ4n) is 3.36. The molecule has 160 valence electrons. The molecule has 1 unspecified atom stereocenters. The number of halogens is 2. The Morgan fingerprint density at radius 1 is 1.23 bits per heavy atom. The predicted molar refractivity (Wildman–Crippen MR) is 114 cm³/mol. The number of benzene rings is 1. The van der Waals surface area contributed by atoms with E-state index in [-0.39, 0.29) is 39.2 Å². The number of aliphatic hydroxyl groups excluding tert-OH is 1. The van der Waals surface area contributed by atoms with E-state index in [4.69, 9.17) is 32.4 Å². The number of nitrogens with zero attached hydrogens (tertiary/aromatic N) is 2. The SMILES string of the molecule is COc1c(Cl)cc(/C(O)=C2/C(=O)C(=O)N(CCN(C)C)C2c2ccc(C)o2)cc1Cl. The number of Topliss-reactive ketones (excluding diaryl/α,β-unsaturated/α-hetero) is 1. The summed E-state index contributed by atoms with van der Waals surface area (Å²) >= 11 is 12.4. The third-order valence-corrected chi connectivity index (χ3v) is 5.40. The molecule has 0 radical (unpaired) electrons. The second kappa shape index (κ2) is 8.71. The van der Waals surface area contributed by atoms with Crippen LogP contribution in [0.4, 0.5) is 0 Å². The summed E-state index contributed by atoms with van der Waals surface area (Å²) in [5.41, 5.74) is 0.120. The van der Waals surface area contributed by atoms with E-state index in [1.807, 2.05) is 19.0 Å². The Bertz CT molecular complexity index is 1010. The van der Waals surface area contributed by atoms with E-state index in [2.05, 4.69) is 0 Å². The van der Waals surface area contributed by atoms with Crippen LogP contribution < -0.4 is 4.74 Å². The number of aliphatic hydroxyl groups is 1. The van der Waals surface area contributed by atoms with Gasteiger partial charge in [0.25, 0.3) is 11.7 Å². The number of carbonyl (C=O) groups is 2. The van der Waals surface area contributed by atoms with E-state index in [0.717, 1.165) is 0 Å². The zero-order chi connectivity index (χ0) is 22.2. The smallest absolute Gasteiger partial charge is 0.295 e. The van der Waals surface area contributed by atoms with Crippen molar-refractivity contribution in [2.24, 2.45) is 0 Å². The van der Waals surface area contributed by atoms with E-state index >= 15 is 0 Å². The minimum absolute atomic E-state index is 0.0783. The highest BCUT2D eigenvalue weighted by Gasteiger charge is 2.47. The molecule has 2 heterocycles. The van der Waals surface area contributed by atoms with Crippen LogP contribution in [0.3, 0.4) is 0 Å². The Balaban J connectivity index is 2.16. The number of furan rings is 1. The van der Waals surface area contributed by atoms with Gasteiger partial charge in [-0.15, -0.1) is 0 Å². The number of hydrogen-bond donors (Lipinski definition) is 1. The average Bonchev–Trinajstić information content (AvgIpc) is 3.21. The number of ether oxygens (including phenoxy) is 1. The summed E-state index contributed by atoms with van der Waals surface area (Å²) in [6.45, 7) is 2.57. The highest BCUT2D eigenvalue weighted by Crippen LogP contribution is 2.42. The largest absolute Gasteiger partial charge is 0.507 e.